The van der Waals surface area contributed by atoms with Crippen LogP contribution in [0.2, 0.25) is 0 Å². The van der Waals surface area contributed by atoms with E-state index in [9.17, 15) is 4.79 Å². The van der Waals surface area contributed by atoms with Crippen LogP contribution in [0, 0.1) is 5.92 Å². The van der Waals surface area contributed by atoms with E-state index < -0.39 is 0 Å². The molecule has 1 aromatic rings. The van der Waals surface area contributed by atoms with Crippen molar-refractivity contribution in [1.82, 2.24) is 5.32 Å². The Morgan fingerprint density at radius 3 is 2.56 bits per heavy atom. The molecule has 4 heteroatoms. The quantitative estimate of drug-likeness (QED) is 0.859. The zero-order valence-corrected chi connectivity index (χ0v) is 11.5. The van der Waals surface area contributed by atoms with E-state index in [1.807, 2.05) is 37.3 Å². The van der Waals surface area contributed by atoms with E-state index in [-0.39, 0.29) is 30.3 Å². The Balaban J connectivity index is 0.00000162. The summed E-state index contributed by atoms with van der Waals surface area (Å²) in [6, 6.07) is 9.94. The first-order valence-corrected chi connectivity index (χ1v) is 6.26. The summed E-state index contributed by atoms with van der Waals surface area (Å²) >= 11 is 0. The molecule has 1 aliphatic carbocycles. The molecular formula is C14H21ClN2O. The molecule has 3 nitrogen and oxygen atoms in total. The van der Waals surface area contributed by atoms with Crippen molar-refractivity contribution >= 4 is 18.3 Å². The maximum Gasteiger partial charge on any atom is 0.227 e. The monoisotopic (exact) mass is 268 g/mol. The summed E-state index contributed by atoms with van der Waals surface area (Å²) in [7, 11) is 0. The topological polar surface area (TPSA) is 55.1 Å². The zero-order valence-electron chi connectivity index (χ0n) is 10.6. The van der Waals surface area contributed by atoms with Gasteiger partial charge in [0.05, 0.1) is 5.92 Å². The summed E-state index contributed by atoms with van der Waals surface area (Å²) in [6.45, 7) is 2.52. The third-order valence-corrected chi connectivity index (χ3v) is 3.43. The average Bonchev–Trinajstić information content (AvgIpc) is 3.20. The summed E-state index contributed by atoms with van der Waals surface area (Å²) in [5.41, 5.74) is 7.00. The molecule has 0 aliphatic heterocycles. The van der Waals surface area contributed by atoms with Gasteiger partial charge in [-0.15, -0.1) is 12.4 Å². The van der Waals surface area contributed by atoms with Crippen molar-refractivity contribution in [3.05, 3.63) is 35.9 Å². The second-order valence-corrected chi connectivity index (χ2v) is 4.88. The molecular weight excluding hydrogens is 248 g/mol. The number of carbonyl (C=O) groups is 1. The molecule has 0 spiro atoms. The molecule has 1 aromatic carbocycles. The van der Waals surface area contributed by atoms with E-state index in [0.717, 1.165) is 5.56 Å². The smallest absolute Gasteiger partial charge is 0.227 e. The highest BCUT2D eigenvalue weighted by Gasteiger charge is 2.28. The molecule has 0 bridgehead atoms. The molecule has 1 fully saturated rings. The minimum Gasteiger partial charge on any atom is -0.354 e. The van der Waals surface area contributed by atoms with Crippen molar-refractivity contribution in [2.24, 2.45) is 11.7 Å². The Kier molecular flexibility index (Phi) is 5.63. The van der Waals surface area contributed by atoms with Gasteiger partial charge >= 0.3 is 0 Å². The minimum absolute atomic E-state index is 0. The van der Waals surface area contributed by atoms with Gasteiger partial charge in [0.15, 0.2) is 0 Å². The van der Waals surface area contributed by atoms with Crippen molar-refractivity contribution in [1.29, 1.82) is 0 Å². The van der Waals surface area contributed by atoms with Gasteiger partial charge in [-0.3, -0.25) is 4.79 Å². The summed E-state index contributed by atoms with van der Waals surface area (Å²) in [6.07, 6.45) is 2.43. The number of hydrogen-bond acceptors (Lipinski definition) is 2. The van der Waals surface area contributed by atoms with Gasteiger partial charge in [-0.05, 0) is 31.2 Å². The Hall–Kier alpha value is -1.06. The molecule has 1 aliphatic rings. The SMILES string of the molecule is CC(C(=O)NCC(N)C1CC1)c1ccccc1.Cl. The van der Waals surface area contributed by atoms with E-state index in [0.29, 0.717) is 12.5 Å². The van der Waals surface area contributed by atoms with E-state index in [1.165, 1.54) is 12.8 Å². The molecule has 1 amide bonds. The number of nitrogens with two attached hydrogens (primary N) is 1. The molecule has 0 aromatic heterocycles. The highest BCUT2D eigenvalue weighted by molar-refractivity contribution is 5.85. The van der Waals surface area contributed by atoms with Crippen LogP contribution in [0.25, 0.3) is 0 Å². The zero-order chi connectivity index (χ0) is 12.3. The Morgan fingerprint density at radius 1 is 1.39 bits per heavy atom. The number of benzene rings is 1. The van der Waals surface area contributed by atoms with Gasteiger partial charge in [0, 0.05) is 12.6 Å². The normalized spacial score (nSPS) is 17.4. The largest absolute Gasteiger partial charge is 0.354 e. The molecule has 0 saturated heterocycles. The standard InChI is InChI=1S/C14H20N2O.ClH/c1-10(11-5-3-2-4-6-11)14(17)16-9-13(15)12-7-8-12;/h2-6,10,12-13H,7-9,15H2,1H3,(H,16,17);1H. The summed E-state index contributed by atoms with van der Waals surface area (Å²) in [5, 5.41) is 2.94. The van der Waals surface area contributed by atoms with E-state index in [2.05, 4.69) is 5.32 Å². The fourth-order valence-electron chi connectivity index (χ4n) is 1.96. The predicted octanol–water partition coefficient (Wildman–Crippen LogP) is 2.07. The number of hydrogen-bond donors (Lipinski definition) is 2. The Bertz CT molecular complexity index is 379. The first-order valence-electron chi connectivity index (χ1n) is 6.26. The van der Waals surface area contributed by atoms with Gasteiger partial charge in [0.2, 0.25) is 5.91 Å². The molecule has 18 heavy (non-hydrogen) atoms. The van der Waals surface area contributed by atoms with Crippen LogP contribution in [0.5, 0.6) is 0 Å². The molecule has 1 saturated carbocycles. The lowest BCUT2D eigenvalue weighted by atomic mass is 10.0. The third-order valence-electron chi connectivity index (χ3n) is 3.43. The van der Waals surface area contributed by atoms with Gasteiger partial charge < -0.3 is 11.1 Å². The van der Waals surface area contributed by atoms with Gasteiger partial charge in [0.1, 0.15) is 0 Å². The summed E-state index contributed by atoms with van der Waals surface area (Å²) in [4.78, 5) is 11.9. The number of nitrogens with one attached hydrogen (secondary N) is 1. The van der Waals surface area contributed by atoms with Crippen LogP contribution >= 0.6 is 12.4 Å². The van der Waals surface area contributed by atoms with E-state index in [1.54, 1.807) is 0 Å². The van der Waals surface area contributed by atoms with Crippen LogP contribution in [0.1, 0.15) is 31.2 Å². The lowest BCUT2D eigenvalue weighted by Gasteiger charge is -2.15. The van der Waals surface area contributed by atoms with Gasteiger partial charge in [-0.25, -0.2) is 0 Å². The Morgan fingerprint density at radius 2 is 2.00 bits per heavy atom. The molecule has 0 heterocycles. The van der Waals surface area contributed by atoms with Crippen molar-refractivity contribution in [3.63, 3.8) is 0 Å². The van der Waals surface area contributed by atoms with Gasteiger partial charge in [-0.2, -0.15) is 0 Å². The van der Waals surface area contributed by atoms with Crippen molar-refractivity contribution < 1.29 is 4.79 Å². The summed E-state index contributed by atoms with van der Waals surface area (Å²) < 4.78 is 0. The number of rotatable bonds is 5. The van der Waals surface area contributed by atoms with Crippen LogP contribution in [0.15, 0.2) is 30.3 Å². The highest BCUT2D eigenvalue weighted by Crippen LogP contribution is 2.31. The fraction of sp³-hybridized carbons (Fsp3) is 0.500. The second kappa shape index (κ2) is 6.76. The van der Waals surface area contributed by atoms with Crippen molar-refractivity contribution in [2.45, 2.75) is 31.7 Å². The lowest BCUT2D eigenvalue weighted by molar-refractivity contribution is -0.122. The van der Waals surface area contributed by atoms with Crippen LogP contribution in [-0.2, 0) is 4.79 Å². The highest BCUT2D eigenvalue weighted by atomic mass is 35.5. The van der Waals surface area contributed by atoms with Crippen LogP contribution in [0.3, 0.4) is 0 Å². The maximum absolute atomic E-state index is 11.9. The molecule has 2 atom stereocenters. The molecule has 2 unspecified atom stereocenters. The summed E-state index contributed by atoms with van der Waals surface area (Å²) in [5.74, 6) is 0.581. The van der Waals surface area contributed by atoms with E-state index >= 15 is 0 Å². The van der Waals surface area contributed by atoms with E-state index in [4.69, 9.17) is 5.73 Å². The molecule has 3 N–H and O–H groups in total. The van der Waals surface area contributed by atoms with Crippen LogP contribution < -0.4 is 11.1 Å². The minimum atomic E-state index is -0.109. The predicted molar refractivity (Wildman–Crippen MR) is 75.8 cm³/mol. The molecule has 100 valence electrons. The first-order chi connectivity index (χ1) is 8.18. The lowest BCUT2D eigenvalue weighted by Crippen LogP contribution is -2.40. The van der Waals surface area contributed by atoms with Crippen molar-refractivity contribution in [2.75, 3.05) is 6.54 Å². The van der Waals surface area contributed by atoms with Crippen LogP contribution in [0.4, 0.5) is 0 Å². The van der Waals surface area contributed by atoms with Gasteiger partial charge in [0.25, 0.3) is 0 Å². The van der Waals surface area contributed by atoms with Crippen molar-refractivity contribution in [3.8, 4) is 0 Å². The number of carbonyl (C=O) groups excluding carboxylic acids is 1. The average molecular weight is 269 g/mol. The fourth-order valence-corrected chi connectivity index (χ4v) is 1.96. The first kappa shape index (κ1) is 15.0. The maximum atomic E-state index is 11.9. The number of amides is 1. The second-order valence-electron chi connectivity index (χ2n) is 4.88. The van der Waals surface area contributed by atoms with Gasteiger partial charge in [-0.1, -0.05) is 30.3 Å². The molecule has 2 rings (SSSR count). The Labute approximate surface area is 115 Å². The van der Waals surface area contributed by atoms with Crippen LogP contribution in [-0.4, -0.2) is 18.5 Å². The number of halogens is 1. The molecule has 0 radical (unpaired) electrons. The third kappa shape index (κ3) is 4.00.